The maximum atomic E-state index is 5.73. The molecule has 0 amide bonds. The van der Waals surface area contributed by atoms with Crippen molar-refractivity contribution in [3.05, 3.63) is 23.7 Å². The Morgan fingerprint density at radius 1 is 1.58 bits per heavy atom. The van der Waals surface area contributed by atoms with Gasteiger partial charge in [-0.15, -0.1) is 0 Å². The summed E-state index contributed by atoms with van der Waals surface area (Å²) in [7, 11) is 1.54. The van der Waals surface area contributed by atoms with Gasteiger partial charge in [0.25, 0.3) is 0 Å². The van der Waals surface area contributed by atoms with Crippen LogP contribution >= 0.6 is 11.6 Å². The Kier molecular flexibility index (Phi) is 1.62. The van der Waals surface area contributed by atoms with Crippen LogP contribution in [-0.4, -0.2) is 21.5 Å². The average molecular weight is 184 g/mol. The molecule has 62 valence electrons. The van der Waals surface area contributed by atoms with Gasteiger partial charge >= 0.3 is 6.01 Å². The normalized spacial score (nSPS) is 10.5. The summed E-state index contributed by atoms with van der Waals surface area (Å²) in [6.07, 6.45) is 3.31. The monoisotopic (exact) mass is 183 g/mol. The molecule has 0 fully saturated rings. The van der Waals surface area contributed by atoms with Crippen LogP contribution in [0.2, 0.25) is 5.15 Å². The zero-order chi connectivity index (χ0) is 8.55. The van der Waals surface area contributed by atoms with E-state index >= 15 is 0 Å². The van der Waals surface area contributed by atoms with Crippen LogP contribution in [0.3, 0.4) is 0 Å². The minimum atomic E-state index is 0.403. The number of ether oxygens (including phenoxy) is 1. The molecule has 5 heteroatoms. The molecule has 2 rings (SSSR count). The Balaban J connectivity index is 2.80. The predicted molar refractivity (Wildman–Crippen MR) is 44.5 cm³/mol. The first-order valence-corrected chi connectivity index (χ1v) is 3.71. The molecule has 0 unspecified atom stereocenters. The highest BCUT2D eigenvalue weighted by Crippen LogP contribution is 2.16. The van der Waals surface area contributed by atoms with Crippen molar-refractivity contribution in [2.45, 2.75) is 0 Å². The second-order valence-corrected chi connectivity index (χ2v) is 2.64. The number of aromatic nitrogens is 3. The van der Waals surface area contributed by atoms with E-state index in [2.05, 4.69) is 9.97 Å². The van der Waals surface area contributed by atoms with Gasteiger partial charge < -0.3 is 4.74 Å². The zero-order valence-corrected chi connectivity index (χ0v) is 7.12. The maximum absolute atomic E-state index is 5.73. The lowest BCUT2D eigenvalue weighted by Crippen LogP contribution is -1.95. The first-order valence-electron chi connectivity index (χ1n) is 3.34. The molecule has 2 aromatic rings. The van der Waals surface area contributed by atoms with E-state index < -0.39 is 0 Å². The van der Waals surface area contributed by atoms with Gasteiger partial charge in [-0.05, 0) is 0 Å². The molecule has 0 bridgehead atoms. The van der Waals surface area contributed by atoms with Crippen molar-refractivity contribution in [1.29, 1.82) is 0 Å². The fourth-order valence-corrected chi connectivity index (χ4v) is 1.20. The summed E-state index contributed by atoms with van der Waals surface area (Å²) in [6.45, 7) is 0. The van der Waals surface area contributed by atoms with Crippen molar-refractivity contribution in [3.63, 3.8) is 0 Å². The van der Waals surface area contributed by atoms with Gasteiger partial charge in [-0.25, -0.2) is 4.98 Å². The molecule has 4 nitrogen and oxygen atoms in total. The topological polar surface area (TPSA) is 39.4 Å². The Morgan fingerprint density at radius 2 is 2.42 bits per heavy atom. The van der Waals surface area contributed by atoms with Crippen LogP contribution in [0.5, 0.6) is 6.01 Å². The van der Waals surface area contributed by atoms with Gasteiger partial charge in [0.1, 0.15) is 11.5 Å². The molecule has 0 N–H and O–H groups in total. The van der Waals surface area contributed by atoms with E-state index in [-0.39, 0.29) is 0 Å². The summed E-state index contributed by atoms with van der Waals surface area (Å²) in [5.41, 5.74) is 0.867. The highest BCUT2D eigenvalue weighted by Gasteiger charge is 2.03. The van der Waals surface area contributed by atoms with E-state index in [1.165, 1.54) is 7.11 Å². The fourth-order valence-electron chi connectivity index (χ4n) is 1.02. The molecule has 12 heavy (non-hydrogen) atoms. The van der Waals surface area contributed by atoms with Crippen molar-refractivity contribution in [1.82, 2.24) is 14.4 Å². The third kappa shape index (κ3) is 1.00. The van der Waals surface area contributed by atoms with Crippen molar-refractivity contribution >= 4 is 17.1 Å². The number of methoxy groups -OCH3 is 1. The van der Waals surface area contributed by atoms with Gasteiger partial charge in [0, 0.05) is 6.07 Å². The number of hydrogen-bond donors (Lipinski definition) is 0. The quantitative estimate of drug-likeness (QED) is 0.628. The summed E-state index contributed by atoms with van der Waals surface area (Å²) in [5, 5.41) is 0.403. The number of rotatable bonds is 1. The molecular weight excluding hydrogens is 178 g/mol. The second-order valence-electron chi connectivity index (χ2n) is 2.25. The molecule has 0 aromatic carbocycles. The van der Waals surface area contributed by atoms with Crippen molar-refractivity contribution in [3.8, 4) is 6.01 Å². The van der Waals surface area contributed by atoms with Crippen LogP contribution in [0.1, 0.15) is 0 Å². The van der Waals surface area contributed by atoms with Crippen LogP contribution in [0.25, 0.3) is 5.52 Å². The first kappa shape index (κ1) is 7.36. The number of halogens is 1. The summed E-state index contributed by atoms with van der Waals surface area (Å²) >= 11 is 5.73. The van der Waals surface area contributed by atoms with Crippen LogP contribution in [0, 0.1) is 0 Å². The minimum absolute atomic E-state index is 0.403. The minimum Gasteiger partial charge on any atom is -0.468 e. The lowest BCUT2D eigenvalue weighted by atomic mass is 10.5. The van der Waals surface area contributed by atoms with E-state index in [1.54, 1.807) is 23.0 Å². The van der Waals surface area contributed by atoms with Crippen LogP contribution in [-0.2, 0) is 0 Å². The summed E-state index contributed by atoms with van der Waals surface area (Å²) in [5.74, 6) is 0. The number of fused-ring (bicyclic) bond motifs is 1. The van der Waals surface area contributed by atoms with E-state index in [9.17, 15) is 0 Å². The molecule has 0 aliphatic rings. The third-order valence-electron chi connectivity index (χ3n) is 1.53. The number of hydrogen-bond acceptors (Lipinski definition) is 3. The van der Waals surface area contributed by atoms with E-state index in [0.717, 1.165) is 5.52 Å². The maximum Gasteiger partial charge on any atom is 0.303 e. The van der Waals surface area contributed by atoms with Gasteiger partial charge in [-0.2, -0.15) is 4.98 Å². The van der Waals surface area contributed by atoms with Crippen molar-refractivity contribution in [2.24, 2.45) is 0 Å². The first-order chi connectivity index (χ1) is 5.81. The molecule has 2 heterocycles. The molecule has 0 atom stereocenters. The van der Waals surface area contributed by atoms with Gasteiger partial charge in [-0.1, -0.05) is 11.6 Å². The molecule has 0 spiro atoms. The fraction of sp³-hybridized carbons (Fsp3) is 0.143. The Hall–Kier alpha value is -1.29. The smallest absolute Gasteiger partial charge is 0.303 e. The van der Waals surface area contributed by atoms with Crippen LogP contribution in [0.4, 0.5) is 0 Å². The molecule has 0 saturated heterocycles. The van der Waals surface area contributed by atoms with Gasteiger partial charge in [0.2, 0.25) is 0 Å². The van der Waals surface area contributed by atoms with Gasteiger partial charge in [0.15, 0.2) is 0 Å². The zero-order valence-electron chi connectivity index (χ0n) is 6.36. The SMILES string of the molecule is COc1nc(Cl)cc2cncn12. The highest BCUT2D eigenvalue weighted by molar-refractivity contribution is 6.29. The van der Waals surface area contributed by atoms with E-state index in [0.29, 0.717) is 11.2 Å². The van der Waals surface area contributed by atoms with E-state index in [4.69, 9.17) is 16.3 Å². The molecule has 0 aliphatic carbocycles. The summed E-state index contributed by atoms with van der Waals surface area (Å²) in [6, 6.07) is 2.16. The Labute approximate surface area is 73.8 Å². The predicted octanol–water partition coefficient (Wildman–Crippen LogP) is 1.39. The highest BCUT2D eigenvalue weighted by atomic mass is 35.5. The molecule has 2 aromatic heterocycles. The van der Waals surface area contributed by atoms with Crippen LogP contribution < -0.4 is 4.74 Å². The lowest BCUT2D eigenvalue weighted by molar-refractivity contribution is 0.374. The van der Waals surface area contributed by atoms with Crippen LogP contribution in [0.15, 0.2) is 18.6 Å². The second kappa shape index (κ2) is 2.64. The molecular formula is C7H6ClN3O. The van der Waals surface area contributed by atoms with Crippen molar-refractivity contribution < 1.29 is 4.74 Å². The molecule has 0 radical (unpaired) electrons. The Bertz CT molecular complexity index is 412. The largest absolute Gasteiger partial charge is 0.468 e. The van der Waals surface area contributed by atoms with Gasteiger partial charge in [0.05, 0.1) is 18.8 Å². The molecule has 0 saturated carbocycles. The Morgan fingerprint density at radius 3 is 3.17 bits per heavy atom. The summed E-state index contributed by atoms with van der Waals surface area (Å²) < 4.78 is 6.71. The number of imidazole rings is 1. The van der Waals surface area contributed by atoms with Gasteiger partial charge in [-0.3, -0.25) is 4.40 Å². The summed E-state index contributed by atoms with van der Waals surface area (Å²) in [4.78, 5) is 7.89. The van der Waals surface area contributed by atoms with Crippen molar-refractivity contribution in [2.75, 3.05) is 7.11 Å². The third-order valence-corrected chi connectivity index (χ3v) is 1.72. The standard InChI is InChI=1S/C7H6ClN3O/c1-12-7-10-6(8)2-5-3-9-4-11(5)7/h2-4H,1H3. The molecule has 0 aliphatic heterocycles. The lowest BCUT2D eigenvalue weighted by Gasteiger charge is -2.01. The van der Waals surface area contributed by atoms with E-state index in [1.807, 2.05) is 0 Å². The number of nitrogens with zero attached hydrogens (tertiary/aromatic N) is 3. The average Bonchev–Trinajstić information content (AvgIpc) is 2.50.